The first-order valence-electron chi connectivity index (χ1n) is 14.7. The van der Waals surface area contributed by atoms with Crippen molar-refractivity contribution in [3.8, 4) is 0 Å². The van der Waals surface area contributed by atoms with E-state index in [2.05, 4.69) is 26.6 Å². The van der Waals surface area contributed by atoms with E-state index < -0.39 is 115 Å². The number of hydrogen-bond donors (Lipinski definition) is 11. The monoisotopic (exact) mass is 682 g/mol. The number of amides is 5. The van der Waals surface area contributed by atoms with Crippen molar-refractivity contribution >= 4 is 47.4 Å². The fourth-order valence-corrected chi connectivity index (χ4v) is 4.11. The Labute approximate surface area is 274 Å². The van der Waals surface area contributed by atoms with E-state index in [0.29, 0.717) is 5.56 Å². The van der Waals surface area contributed by atoms with Crippen LogP contribution in [0.25, 0.3) is 0 Å². The molecule has 19 heteroatoms. The molecular weight excluding hydrogens is 640 g/mol. The summed E-state index contributed by atoms with van der Waals surface area (Å²) in [5, 5.41) is 59.2. The van der Waals surface area contributed by atoms with Crippen LogP contribution in [0.15, 0.2) is 30.3 Å². The summed E-state index contributed by atoms with van der Waals surface area (Å²) in [7, 11) is 0. The zero-order chi connectivity index (χ0) is 36.7. The highest BCUT2D eigenvalue weighted by Crippen LogP contribution is 2.07. The zero-order valence-corrected chi connectivity index (χ0v) is 26.4. The van der Waals surface area contributed by atoms with Gasteiger partial charge in [-0.25, -0.2) is 4.79 Å². The Balaban J connectivity index is 3.15. The molecule has 12 N–H and O–H groups in total. The molecule has 0 aromatic heterocycles. The van der Waals surface area contributed by atoms with Crippen LogP contribution in [0, 0.1) is 0 Å². The van der Waals surface area contributed by atoms with E-state index in [-0.39, 0.29) is 6.42 Å². The topological polar surface area (TPSA) is 324 Å². The van der Waals surface area contributed by atoms with Gasteiger partial charge in [0.2, 0.25) is 29.5 Å². The van der Waals surface area contributed by atoms with Crippen molar-refractivity contribution in [1.82, 2.24) is 26.6 Å². The summed E-state index contributed by atoms with van der Waals surface area (Å²) in [5.41, 5.74) is 6.02. The first-order valence-corrected chi connectivity index (χ1v) is 14.7. The van der Waals surface area contributed by atoms with Crippen molar-refractivity contribution in [1.29, 1.82) is 0 Å². The Morgan fingerprint density at radius 1 is 0.625 bits per heavy atom. The molecule has 48 heavy (non-hydrogen) atoms. The van der Waals surface area contributed by atoms with Crippen molar-refractivity contribution in [2.45, 2.75) is 94.9 Å². The summed E-state index contributed by atoms with van der Waals surface area (Å²) in [6.07, 6.45) is -5.55. The summed E-state index contributed by atoms with van der Waals surface area (Å²) in [6, 6.07) is -1.55. The van der Waals surface area contributed by atoms with Gasteiger partial charge >= 0.3 is 17.9 Å². The number of nitrogens with two attached hydrogens (primary N) is 1. The molecule has 19 nitrogen and oxygen atoms in total. The Morgan fingerprint density at radius 3 is 1.54 bits per heavy atom. The van der Waals surface area contributed by atoms with E-state index in [4.69, 9.17) is 10.8 Å². The minimum absolute atomic E-state index is 0.180. The second-order valence-corrected chi connectivity index (χ2v) is 11.0. The van der Waals surface area contributed by atoms with Gasteiger partial charge in [-0.15, -0.1) is 0 Å². The first kappa shape index (κ1) is 40.9. The van der Waals surface area contributed by atoms with Gasteiger partial charge in [-0.1, -0.05) is 30.3 Å². The van der Waals surface area contributed by atoms with Gasteiger partial charge in [0.1, 0.15) is 30.2 Å². The molecule has 8 atom stereocenters. The maximum atomic E-state index is 13.1. The molecule has 5 amide bonds. The van der Waals surface area contributed by atoms with Gasteiger partial charge in [-0.05, 0) is 32.8 Å². The summed E-state index contributed by atoms with van der Waals surface area (Å²) in [5.74, 6) is -9.95. The van der Waals surface area contributed by atoms with Crippen LogP contribution in [0.2, 0.25) is 0 Å². The van der Waals surface area contributed by atoms with Crippen LogP contribution in [0.4, 0.5) is 0 Å². The van der Waals surface area contributed by atoms with Crippen molar-refractivity contribution in [2.75, 3.05) is 0 Å². The second kappa shape index (κ2) is 19.5. The molecule has 0 spiro atoms. The van der Waals surface area contributed by atoms with E-state index in [9.17, 15) is 58.8 Å². The molecule has 0 unspecified atom stereocenters. The van der Waals surface area contributed by atoms with Crippen LogP contribution in [-0.2, 0) is 44.8 Å². The van der Waals surface area contributed by atoms with Crippen molar-refractivity contribution in [3.63, 3.8) is 0 Å². The van der Waals surface area contributed by atoms with Gasteiger partial charge < -0.3 is 57.9 Å². The van der Waals surface area contributed by atoms with Gasteiger partial charge in [0.15, 0.2) is 0 Å². The predicted octanol–water partition coefficient (Wildman–Crippen LogP) is -3.81. The number of hydrogen-bond acceptors (Lipinski definition) is 11. The van der Waals surface area contributed by atoms with Crippen LogP contribution < -0.4 is 32.3 Å². The van der Waals surface area contributed by atoms with E-state index in [1.165, 1.54) is 6.92 Å². The summed E-state index contributed by atoms with van der Waals surface area (Å²) < 4.78 is 0. The predicted molar refractivity (Wildman–Crippen MR) is 164 cm³/mol. The molecule has 0 aliphatic rings. The normalized spacial score (nSPS) is 15.9. The van der Waals surface area contributed by atoms with Gasteiger partial charge in [-0.3, -0.25) is 33.6 Å². The number of carboxylic acids is 3. The van der Waals surface area contributed by atoms with Crippen molar-refractivity contribution in [2.24, 2.45) is 5.73 Å². The van der Waals surface area contributed by atoms with Gasteiger partial charge in [0.25, 0.3) is 0 Å². The summed E-state index contributed by atoms with van der Waals surface area (Å²) >= 11 is 0. The molecule has 1 aromatic carbocycles. The highest BCUT2D eigenvalue weighted by atomic mass is 16.4. The number of carboxylic acid groups (broad SMARTS) is 3. The van der Waals surface area contributed by atoms with Crippen molar-refractivity contribution < 1.29 is 63.9 Å². The number of aliphatic hydroxyl groups excluding tert-OH is 2. The average molecular weight is 683 g/mol. The van der Waals surface area contributed by atoms with Gasteiger partial charge in [0, 0.05) is 12.8 Å². The van der Waals surface area contributed by atoms with E-state index >= 15 is 0 Å². The number of carbonyl (C=O) groups excluding carboxylic acids is 5. The lowest BCUT2D eigenvalue weighted by Crippen LogP contribution is -2.63. The third-order valence-electron chi connectivity index (χ3n) is 6.73. The van der Waals surface area contributed by atoms with E-state index in [1.807, 2.05) is 0 Å². The van der Waals surface area contributed by atoms with Crippen LogP contribution >= 0.6 is 0 Å². The number of nitrogens with one attached hydrogen (secondary N) is 5. The fraction of sp³-hybridized carbons (Fsp3) is 0.517. The highest BCUT2D eigenvalue weighted by Gasteiger charge is 2.36. The zero-order valence-electron chi connectivity index (χ0n) is 26.4. The molecule has 0 heterocycles. The quantitative estimate of drug-likeness (QED) is 0.0628. The minimum atomic E-state index is -1.90. The highest BCUT2D eigenvalue weighted by molar-refractivity contribution is 5.97. The molecule has 266 valence electrons. The third kappa shape index (κ3) is 14.1. The molecule has 0 aliphatic heterocycles. The Morgan fingerprint density at radius 2 is 1.08 bits per heavy atom. The molecular formula is C29H42N6O13. The third-order valence-corrected chi connectivity index (χ3v) is 6.73. The Hall–Kier alpha value is -5.14. The minimum Gasteiger partial charge on any atom is -0.481 e. The van der Waals surface area contributed by atoms with Crippen LogP contribution in [0.5, 0.6) is 0 Å². The molecule has 0 aliphatic carbocycles. The second-order valence-electron chi connectivity index (χ2n) is 11.0. The first-order chi connectivity index (χ1) is 22.3. The number of carbonyl (C=O) groups is 8. The standard InChI is InChI=1S/C29H42N6O13/c1-13(30)24(42)31-17(9-10-20(38)39)25(43)34-23(15(3)37)28(46)35-22(14(2)36)27(45)32-18(12-21(40)41)26(44)33-19(29(47)48)11-16-7-5-4-6-8-16/h4-8,13-15,17-19,22-23,36-37H,9-12,30H2,1-3H3,(H,31,42)(H,32,45)(H,33,44)(H,34,43)(H,35,46)(H,38,39)(H,40,41)(H,47,48)/t13-,14+,15+,17-,18-,19-,22-,23-/m0/s1. The van der Waals surface area contributed by atoms with Crippen LogP contribution in [0.3, 0.4) is 0 Å². The van der Waals surface area contributed by atoms with Crippen molar-refractivity contribution in [3.05, 3.63) is 35.9 Å². The average Bonchev–Trinajstić information content (AvgIpc) is 2.99. The molecule has 1 aromatic rings. The number of aliphatic carboxylic acids is 3. The van der Waals surface area contributed by atoms with Gasteiger partial charge in [-0.2, -0.15) is 0 Å². The van der Waals surface area contributed by atoms with Gasteiger partial charge in [0.05, 0.1) is 24.7 Å². The Bertz CT molecular complexity index is 1320. The molecule has 0 saturated carbocycles. The largest absolute Gasteiger partial charge is 0.481 e. The maximum absolute atomic E-state index is 13.1. The fourth-order valence-electron chi connectivity index (χ4n) is 4.11. The number of benzene rings is 1. The SMILES string of the molecule is C[C@H](N)C(=O)N[C@@H](CCC(=O)O)C(=O)N[C@H](C(=O)N[C@H](C(=O)N[C@@H](CC(=O)O)C(=O)N[C@@H](Cc1ccccc1)C(=O)O)[C@@H](C)O)[C@@H](C)O. The van der Waals surface area contributed by atoms with E-state index in [0.717, 1.165) is 13.8 Å². The molecule has 1 rings (SSSR count). The molecule has 0 radical (unpaired) electrons. The molecule has 0 fully saturated rings. The Kier molecular flexibility index (Phi) is 16.6. The van der Waals surface area contributed by atoms with Crippen LogP contribution in [-0.4, -0.2) is 121 Å². The smallest absolute Gasteiger partial charge is 0.326 e. The molecule has 0 bridgehead atoms. The number of aliphatic hydroxyl groups is 2. The lowest BCUT2D eigenvalue weighted by atomic mass is 10.0. The lowest BCUT2D eigenvalue weighted by molar-refractivity contribution is -0.144. The molecule has 0 saturated heterocycles. The lowest BCUT2D eigenvalue weighted by Gasteiger charge is -2.28. The summed E-state index contributed by atoms with van der Waals surface area (Å²) in [6.45, 7) is 3.43. The number of rotatable bonds is 20. The summed E-state index contributed by atoms with van der Waals surface area (Å²) in [4.78, 5) is 98.6. The van der Waals surface area contributed by atoms with E-state index in [1.54, 1.807) is 30.3 Å². The van der Waals surface area contributed by atoms with Crippen LogP contribution in [0.1, 0.15) is 45.6 Å². The maximum Gasteiger partial charge on any atom is 0.326 e.